The molecular weight excluding hydrogens is 242 g/mol. The van der Waals surface area contributed by atoms with Gasteiger partial charge in [0.1, 0.15) is 0 Å². The molecule has 18 heavy (non-hydrogen) atoms. The summed E-state index contributed by atoms with van der Waals surface area (Å²) in [5, 5.41) is 3.65. The molecule has 0 aromatic rings. The van der Waals surface area contributed by atoms with Crippen molar-refractivity contribution in [3.8, 4) is 0 Å². The molecule has 0 bridgehead atoms. The molecular formula is C15H31NOS. The van der Waals surface area contributed by atoms with Gasteiger partial charge in [0, 0.05) is 28.3 Å². The second kappa shape index (κ2) is 9.08. The van der Waals surface area contributed by atoms with Gasteiger partial charge in [-0.3, -0.25) is 4.21 Å². The fourth-order valence-electron chi connectivity index (χ4n) is 2.87. The zero-order valence-corrected chi connectivity index (χ0v) is 13.2. The molecule has 1 saturated carbocycles. The fourth-order valence-corrected chi connectivity index (χ4v) is 4.54. The van der Waals surface area contributed by atoms with Crippen molar-refractivity contribution in [1.82, 2.24) is 5.32 Å². The minimum Gasteiger partial charge on any atom is -0.313 e. The van der Waals surface area contributed by atoms with E-state index in [1.807, 2.05) is 0 Å². The van der Waals surface area contributed by atoms with E-state index >= 15 is 0 Å². The monoisotopic (exact) mass is 273 g/mol. The largest absolute Gasteiger partial charge is 0.313 e. The van der Waals surface area contributed by atoms with Gasteiger partial charge in [-0.25, -0.2) is 0 Å². The zero-order chi connectivity index (χ0) is 13.4. The van der Waals surface area contributed by atoms with Crippen molar-refractivity contribution in [2.45, 2.75) is 65.3 Å². The molecule has 3 heteroatoms. The maximum atomic E-state index is 12.1. The summed E-state index contributed by atoms with van der Waals surface area (Å²) in [5.41, 5.74) is 0. The van der Waals surface area contributed by atoms with Crippen LogP contribution < -0.4 is 5.32 Å². The Morgan fingerprint density at radius 3 is 2.39 bits per heavy atom. The summed E-state index contributed by atoms with van der Waals surface area (Å²) >= 11 is 0. The van der Waals surface area contributed by atoms with E-state index in [-0.39, 0.29) is 0 Å². The summed E-state index contributed by atoms with van der Waals surface area (Å²) in [6, 6.07) is 0.491. The van der Waals surface area contributed by atoms with Crippen LogP contribution in [0.2, 0.25) is 0 Å². The Kier molecular flexibility index (Phi) is 8.16. The lowest BCUT2D eigenvalue weighted by atomic mass is 9.84. The van der Waals surface area contributed by atoms with Gasteiger partial charge in [-0.1, -0.05) is 40.0 Å². The molecule has 1 aliphatic carbocycles. The number of hydrogen-bond donors (Lipinski definition) is 1. The van der Waals surface area contributed by atoms with Crippen molar-refractivity contribution in [1.29, 1.82) is 0 Å². The van der Waals surface area contributed by atoms with Crippen LogP contribution in [0.5, 0.6) is 0 Å². The number of nitrogens with one attached hydrogen (secondary N) is 1. The molecule has 0 aliphatic heterocycles. The van der Waals surface area contributed by atoms with Crippen LogP contribution in [0.3, 0.4) is 0 Å². The minimum absolute atomic E-state index is 0.491. The summed E-state index contributed by atoms with van der Waals surface area (Å²) in [6.45, 7) is 7.59. The molecule has 0 radical (unpaired) electrons. The third kappa shape index (κ3) is 6.33. The van der Waals surface area contributed by atoms with E-state index in [2.05, 4.69) is 26.1 Å². The molecule has 2 nitrogen and oxygen atoms in total. The van der Waals surface area contributed by atoms with Gasteiger partial charge in [0.05, 0.1) is 0 Å². The highest BCUT2D eigenvalue weighted by Crippen LogP contribution is 2.27. The first-order valence-electron chi connectivity index (χ1n) is 7.71. The summed E-state index contributed by atoms with van der Waals surface area (Å²) < 4.78 is 12.1. The van der Waals surface area contributed by atoms with Gasteiger partial charge < -0.3 is 5.32 Å². The van der Waals surface area contributed by atoms with Crippen molar-refractivity contribution in [3.63, 3.8) is 0 Å². The van der Waals surface area contributed by atoms with Gasteiger partial charge >= 0.3 is 0 Å². The van der Waals surface area contributed by atoms with E-state index in [1.54, 1.807) is 0 Å². The van der Waals surface area contributed by atoms with Crippen LogP contribution in [0.25, 0.3) is 0 Å². The van der Waals surface area contributed by atoms with Crippen molar-refractivity contribution < 1.29 is 4.21 Å². The van der Waals surface area contributed by atoms with E-state index in [9.17, 15) is 4.21 Å². The van der Waals surface area contributed by atoms with Crippen LogP contribution in [0.1, 0.15) is 59.3 Å². The molecule has 0 heterocycles. The quantitative estimate of drug-likeness (QED) is 0.735. The predicted octanol–water partition coefficient (Wildman–Crippen LogP) is 3.34. The van der Waals surface area contributed by atoms with E-state index in [4.69, 9.17) is 0 Å². The summed E-state index contributed by atoms with van der Waals surface area (Å²) in [4.78, 5) is 0. The molecule has 0 amide bonds. The van der Waals surface area contributed by atoms with E-state index in [0.29, 0.717) is 12.0 Å². The first-order valence-corrected chi connectivity index (χ1v) is 9.20. The average Bonchev–Trinajstić information content (AvgIpc) is 2.34. The van der Waals surface area contributed by atoms with E-state index < -0.39 is 10.8 Å². The van der Waals surface area contributed by atoms with Crippen molar-refractivity contribution in [3.05, 3.63) is 0 Å². The van der Waals surface area contributed by atoms with E-state index in [1.165, 1.54) is 38.5 Å². The Bertz CT molecular complexity index is 237. The third-order valence-corrected chi connectivity index (χ3v) is 5.53. The lowest BCUT2D eigenvalue weighted by Gasteiger charge is -2.31. The van der Waals surface area contributed by atoms with Crippen LogP contribution in [-0.2, 0) is 10.8 Å². The van der Waals surface area contributed by atoms with Crippen LogP contribution >= 0.6 is 0 Å². The van der Waals surface area contributed by atoms with Gasteiger partial charge in [-0.15, -0.1) is 0 Å². The Balaban J connectivity index is 2.45. The third-order valence-electron chi connectivity index (χ3n) is 3.76. The molecule has 0 saturated heterocycles. The normalized spacial score (nSPS) is 21.1. The van der Waals surface area contributed by atoms with Gasteiger partial charge in [0.2, 0.25) is 0 Å². The molecule has 1 rings (SSSR count). The highest BCUT2D eigenvalue weighted by Gasteiger charge is 2.24. The molecule has 0 spiro atoms. The fraction of sp³-hybridized carbons (Fsp3) is 1.00. The van der Waals surface area contributed by atoms with Crippen LogP contribution in [0, 0.1) is 11.8 Å². The summed E-state index contributed by atoms with van der Waals surface area (Å²) in [5.74, 6) is 3.03. The Morgan fingerprint density at radius 2 is 1.83 bits per heavy atom. The van der Waals surface area contributed by atoms with Crippen LogP contribution in [-0.4, -0.2) is 28.3 Å². The topological polar surface area (TPSA) is 29.1 Å². The zero-order valence-electron chi connectivity index (χ0n) is 12.4. The van der Waals surface area contributed by atoms with Crippen molar-refractivity contribution in [2.75, 3.05) is 18.1 Å². The molecule has 1 N–H and O–H groups in total. The first kappa shape index (κ1) is 16.2. The lowest BCUT2D eigenvalue weighted by Crippen LogP contribution is -2.42. The molecule has 1 aliphatic rings. The summed E-state index contributed by atoms with van der Waals surface area (Å²) in [7, 11) is -0.648. The maximum Gasteiger partial charge on any atom is 0.0391 e. The lowest BCUT2D eigenvalue weighted by molar-refractivity contribution is 0.284. The Hall–Kier alpha value is 0.110. The highest BCUT2D eigenvalue weighted by atomic mass is 32.2. The van der Waals surface area contributed by atoms with Crippen molar-refractivity contribution >= 4 is 10.8 Å². The molecule has 2 unspecified atom stereocenters. The Morgan fingerprint density at radius 1 is 1.17 bits per heavy atom. The predicted molar refractivity (Wildman–Crippen MR) is 81.4 cm³/mol. The second-order valence-corrected chi connectivity index (χ2v) is 7.67. The van der Waals surface area contributed by atoms with Crippen LogP contribution in [0.4, 0.5) is 0 Å². The standard InChI is InChI=1S/C15H31NOS/c1-4-10-16-15(12-18(17)11-13(2)3)14-8-6-5-7-9-14/h13-16H,4-12H2,1-3H3. The van der Waals surface area contributed by atoms with Gasteiger partial charge in [0.25, 0.3) is 0 Å². The first-order chi connectivity index (χ1) is 8.63. The molecule has 0 aromatic carbocycles. The minimum atomic E-state index is -0.648. The van der Waals surface area contributed by atoms with Crippen molar-refractivity contribution in [2.24, 2.45) is 11.8 Å². The summed E-state index contributed by atoms with van der Waals surface area (Å²) in [6.07, 6.45) is 7.96. The van der Waals surface area contributed by atoms with Gasteiger partial charge in [-0.2, -0.15) is 0 Å². The molecule has 2 atom stereocenters. The smallest absolute Gasteiger partial charge is 0.0391 e. The molecule has 1 fully saturated rings. The highest BCUT2D eigenvalue weighted by molar-refractivity contribution is 7.85. The van der Waals surface area contributed by atoms with Crippen LogP contribution in [0.15, 0.2) is 0 Å². The number of hydrogen-bond acceptors (Lipinski definition) is 2. The van der Waals surface area contributed by atoms with E-state index in [0.717, 1.165) is 24.0 Å². The van der Waals surface area contributed by atoms with Gasteiger partial charge in [0.15, 0.2) is 0 Å². The Labute approximate surface area is 116 Å². The average molecular weight is 273 g/mol. The SMILES string of the molecule is CCCNC(CS(=O)CC(C)C)C1CCCCC1. The molecule has 108 valence electrons. The van der Waals surface area contributed by atoms with Gasteiger partial charge in [-0.05, 0) is 37.6 Å². The maximum absolute atomic E-state index is 12.1. The number of rotatable bonds is 8. The molecule has 0 aromatic heterocycles. The second-order valence-electron chi connectivity index (χ2n) is 6.13.